The zero-order chi connectivity index (χ0) is 27.1. The minimum Gasteiger partial charge on any atom is -0.368 e. The second-order valence-corrected chi connectivity index (χ2v) is 11.6. The highest BCUT2D eigenvalue weighted by Crippen LogP contribution is 2.35. The second-order valence-electron chi connectivity index (χ2n) is 11.6. The third kappa shape index (κ3) is 6.96. The van der Waals surface area contributed by atoms with Crippen molar-refractivity contribution in [2.45, 2.75) is 76.8 Å². The number of carbonyl (C=O) groups excluding carboxylic acids is 2. The zero-order valence-electron chi connectivity index (χ0n) is 23.8. The maximum Gasteiger partial charge on any atom is 0.222 e. The molecule has 0 spiro atoms. The first-order chi connectivity index (χ1) is 18.3. The molecule has 0 aromatic heterocycles. The largest absolute Gasteiger partial charge is 0.368 e. The molecule has 206 valence electrons. The van der Waals surface area contributed by atoms with Gasteiger partial charge in [-0.25, -0.2) is 0 Å². The first kappa shape index (κ1) is 28.2. The monoisotopic (exact) mass is 518 g/mol. The van der Waals surface area contributed by atoms with E-state index < -0.39 is 0 Å². The fourth-order valence-corrected chi connectivity index (χ4v) is 6.19. The van der Waals surface area contributed by atoms with Crippen LogP contribution in [0.1, 0.15) is 61.6 Å². The summed E-state index contributed by atoms with van der Waals surface area (Å²) in [6, 6.07) is 17.4. The van der Waals surface area contributed by atoms with Crippen LogP contribution < -0.4 is 10.2 Å². The second kappa shape index (κ2) is 12.8. The van der Waals surface area contributed by atoms with Gasteiger partial charge in [0.1, 0.15) is 0 Å². The van der Waals surface area contributed by atoms with Crippen LogP contribution in [0.25, 0.3) is 0 Å². The lowest BCUT2D eigenvalue weighted by atomic mass is 9.75. The Kier molecular flexibility index (Phi) is 9.48. The molecule has 38 heavy (non-hydrogen) atoms. The predicted molar refractivity (Wildman–Crippen MR) is 156 cm³/mol. The van der Waals surface area contributed by atoms with Gasteiger partial charge in [0.05, 0.1) is 0 Å². The molecule has 6 nitrogen and oxygen atoms in total. The minimum atomic E-state index is 0.0861. The number of hydrogen-bond acceptors (Lipinski definition) is 4. The molecule has 1 heterocycles. The average Bonchev–Trinajstić information content (AvgIpc) is 2.92. The highest BCUT2D eigenvalue weighted by Gasteiger charge is 2.37. The van der Waals surface area contributed by atoms with Crippen LogP contribution in [-0.4, -0.2) is 73.5 Å². The quantitative estimate of drug-likeness (QED) is 0.522. The number of likely N-dealkylation sites (N-methyl/N-ethyl adjacent to an activating group) is 1. The Morgan fingerprint density at radius 2 is 1.61 bits per heavy atom. The van der Waals surface area contributed by atoms with Crippen LogP contribution in [-0.2, 0) is 16.0 Å². The van der Waals surface area contributed by atoms with Gasteiger partial charge in [-0.1, -0.05) is 42.5 Å². The molecule has 6 heteroatoms. The van der Waals surface area contributed by atoms with Crippen LogP contribution >= 0.6 is 0 Å². The lowest BCUT2D eigenvalue weighted by Gasteiger charge is -2.45. The van der Waals surface area contributed by atoms with Crippen molar-refractivity contribution < 1.29 is 9.59 Å². The number of amides is 2. The van der Waals surface area contributed by atoms with E-state index in [1.165, 1.54) is 22.4 Å². The molecule has 4 rings (SSSR count). The predicted octanol–water partition coefficient (Wildman–Crippen LogP) is 4.72. The Labute approximate surface area is 229 Å². The van der Waals surface area contributed by atoms with Gasteiger partial charge in [0, 0.05) is 56.3 Å². The molecule has 1 N–H and O–H groups in total. The van der Waals surface area contributed by atoms with E-state index in [0.29, 0.717) is 19.3 Å². The third-order valence-electron chi connectivity index (χ3n) is 8.95. The van der Waals surface area contributed by atoms with E-state index in [9.17, 15) is 9.59 Å². The Hall–Kier alpha value is -2.86. The Balaban J connectivity index is 1.15. The van der Waals surface area contributed by atoms with Gasteiger partial charge in [0.15, 0.2) is 0 Å². The van der Waals surface area contributed by atoms with E-state index in [2.05, 4.69) is 91.6 Å². The van der Waals surface area contributed by atoms with Crippen LogP contribution in [0, 0.1) is 13.8 Å². The maximum atomic E-state index is 12.8. The van der Waals surface area contributed by atoms with Crippen LogP contribution in [0.2, 0.25) is 0 Å². The molecule has 0 unspecified atom stereocenters. The van der Waals surface area contributed by atoms with Crippen molar-refractivity contribution in [2.24, 2.45) is 0 Å². The fourth-order valence-electron chi connectivity index (χ4n) is 6.19. The molecule has 2 amide bonds. The van der Waals surface area contributed by atoms with E-state index in [-0.39, 0.29) is 23.4 Å². The molecule has 1 saturated heterocycles. The van der Waals surface area contributed by atoms with Crippen molar-refractivity contribution in [1.29, 1.82) is 0 Å². The number of anilines is 1. The molecule has 2 aromatic rings. The van der Waals surface area contributed by atoms with Crippen LogP contribution in [0.4, 0.5) is 5.69 Å². The van der Waals surface area contributed by atoms with Crippen molar-refractivity contribution in [1.82, 2.24) is 15.1 Å². The summed E-state index contributed by atoms with van der Waals surface area (Å²) in [6.45, 7) is 7.53. The van der Waals surface area contributed by atoms with Gasteiger partial charge >= 0.3 is 0 Å². The van der Waals surface area contributed by atoms with Crippen molar-refractivity contribution in [3.63, 3.8) is 0 Å². The van der Waals surface area contributed by atoms with E-state index in [1.54, 1.807) is 0 Å². The molecule has 0 atom stereocenters. The molecular weight excluding hydrogens is 472 g/mol. The van der Waals surface area contributed by atoms with Crippen molar-refractivity contribution in [3.8, 4) is 0 Å². The molecular formula is C32H46N4O2. The van der Waals surface area contributed by atoms with Gasteiger partial charge in [-0.05, 0) is 89.2 Å². The normalized spacial score (nSPS) is 22.0. The number of carbonyl (C=O) groups is 2. The Morgan fingerprint density at radius 3 is 2.26 bits per heavy atom. The highest BCUT2D eigenvalue weighted by atomic mass is 16.2. The number of rotatable bonds is 9. The topological polar surface area (TPSA) is 55.9 Å². The summed E-state index contributed by atoms with van der Waals surface area (Å²) >= 11 is 0. The number of aryl methyl sites for hydroxylation is 1. The summed E-state index contributed by atoms with van der Waals surface area (Å²) in [5.74, 6) is 0.260. The summed E-state index contributed by atoms with van der Waals surface area (Å²) in [4.78, 5) is 32.2. The first-order valence-corrected chi connectivity index (χ1v) is 14.4. The summed E-state index contributed by atoms with van der Waals surface area (Å²) in [6.07, 6.45) is 6.68. The van der Waals surface area contributed by atoms with E-state index in [1.807, 2.05) is 4.90 Å². The van der Waals surface area contributed by atoms with E-state index >= 15 is 0 Å². The minimum absolute atomic E-state index is 0.0861. The van der Waals surface area contributed by atoms with Crippen LogP contribution in [0.5, 0.6) is 0 Å². The molecule has 0 bridgehead atoms. The van der Waals surface area contributed by atoms with Crippen molar-refractivity contribution in [3.05, 3.63) is 65.2 Å². The van der Waals surface area contributed by atoms with E-state index in [4.69, 9.17) is 0 Å². The van der Waals surface area contributed by atoms with Gasteiger partial charge in [-0.3, -0.25) is 9.59 Å². The summed E-state index contributed by atoms with van der Waals surface area (Å²) < 4.78 is 0. The Morgan fingerprint density at radius 1 is 0.921 bits per heavy atom. The van der Waals surface area contributed by atoms with Crippen molar-refractivity contribution in [2.75, 3.05) is 45.2 Å². The van der Waals surface area contributed by atoms with Crippen LogP contribution in [0.3, 0.4) is 0 Å². The number of nitrogens with one attached hydrogen (secondary N) is 1. The molecule has 1 aliphatic carbocycles. The lowest BCUT2D eigenvalue weighted by molar-refractivity contribution is -0.131. The molecule has 2 aromatic carbocycles. The fraction of sp³-hybridized carbons (Fsp3) is 0.562. The SMILES string of the molecule is Cc1cccc(N2CCN(C(=O)CCCC(=O)NC3CCC(Cc4ccccc4)(N(C)C)CC3)CC2)c1C. The molecule has 2 fully saturated rings. The highest BCUT2D eigenvalue weighted by molar-refractivity contribution is 5.79. The van der Waals surface area contributed by atoms with Crippen LogP contribution in [0.15, 0.2) is 48.5 Å². The molecule has 0 radical (unpaired) electrons. The van der Waals surface area contributed by atoms with Gasteiger partial charge in [0.25, 0.3) is 0 Å². The molecule has 1 saturated carbocycles. The van der Waals surface area contributed by atoms with Gasteiger partial charge < -0.3 is 20.0 Å². The third-order valence-corrected chi connectivity index (χ3v) is 8.95. The maximum absolute atomic E-state index is 12.8. The lowest BCUT2D eigenvalue weighted by Crippen LogP contribution is -2.52. The van der Waals surface area contributed by atoms with Gasteiger partial charge in [0.2, 0.25) is 11.8 Å². The smallest absolute Gasteiger partial charge is 0.222 e. The summed E-state index contributed by atoms with van der Waals surface area (Å²) in [7, 11) is 4.37. The first-order valence-electron chi connectivity index (χ1n) is 14.4. The summed E-state index contributed by atoms with van der Waals surface area (Å²) in [5, 5.41) is 3.26. The van der Waals surface area contributed by atoms with Gasteiger partial charge in [-0.2, -0.15) is 0 Å². The van der Waals surface area contributed by atoms with E-state index in [0.717, 1.165) is 58.3 Å². The molecule has 1 aliphatic heterocycles. The molecule has 2 aliphatic rings. The number of hydrogen-bond donors (Lipinski definition) is 1. The van der Waals surface area contributed by atoms with Crippen molar-refractivity contribution >= 4 is 17.5 Å². The number of piperazine rings is 1. The van der Waals surface area contributed by atoms with Gasteiger partial charge in [-0.15, -0.1) is 0 Å². The zero-order valence-corrected chi connectivity index (χ0v) is 23.8. The number of nitrogens with zero attached hydrogens (tertiary/aromatic N) is 3. The summed E-state index contributed by atoms with van der Waals surface area (Å²) in [5.41, 5.74) is 5.42. The number of benzene rings is 2. The Bertz CT molecular complexity index is 1070. The average molecular weight is 519 g/mol. The standard InChI is InChI=1S/C32H46N4O2/c1-25-10-8-13-29(26(25)2)35-20-22-36(23-21-35)31(38)15-9-14-30(37)33-28-16-18-32(19-17-28,34(3)4)24-27-11-6-5-7-12-27/h5-8,10-13,28H,9,14-24H2,1-4H3,(H,33,37).